The number of Topliss-reactive ketones (excluding diaryl/α,β-unsaturated/α-hetero) is 1. The predicted molar refractivity (Wildman–Crippen MR) is 99.2 cm³/mol. The number of imide groups is 1. The summed E-state index contributed by atoms with van der Waals surface area (Å²) in [6, 6.07) is 7.00. The summed E-state index contributed by atoms with van der Waals surface area (Å²) in [5.74, 6) is -0.0459. The van der Waals surface area contributed by atoms with Gasteiger partial charge >= 0.3 is 6.03 Å². The third-order valence-corrected chi connectivity index (χ3v) is 5.04. The lowest BCUT2D eigenvalue weighted by atomic mass is 10.1. The van der Waals surface area contributed by atoms with Crippen LogP contribution in [-0.4, -0.2) is 66.4 Å². The molecule has 2 aliphatic heterocycles. The molecule has 0 spiro atoms. The molecule has 0 bridgehead atoms. The van der Waals surface area contributed by atoms with Gasteiger partial charge in [-0.15, -0.1) is 0 Å². The summed E-state index contributed by atoms with van der Waals surface area (Å²) in [6.45, 7) is 7.12. The number of rotatable bonds is 6. The van der Waals surface area contributed by atoms with Crippen LogP contribution >= 0.6 is 0 Å². The number of urea groups is 1. The molecule has 2 saturated heterocycles. The van der Waals surface area contributed by atoms with Crippen molar-refractivity contribution in [2.24, 2.45) is 0 Å². The molecule has 0 radical (unpaired) electrons. The lowest BCUT2D eigenvalue weighted by molar-refractivity contribution is -0.129. The first-order valence-electron chi connectivity index (χ1n) is 9.19. The summed E-state index contributed by atoms with van der Waals surface area (Å²) < 4.78 is 0. The number of hydrogen-bond acceptors (Lipinski definition) is 5. The van der Waals surface area contributed by atoms with Crippen LogP contribution in [-0.2, 0) is 4.79 Å². The summed E-state index contributed by atoms with van der Waals surface area (Å²) in [7, 11) is 0. The molecule has 2 aliphatic rings. The van der Waals surface area contributed by atoms with Gasteiger partial charge in [0.1, 0.15) is 6.04 Å². The molecule has 7 nitrogen and oxygen atoms in total. The van der Waals surface area contributed by atoms with Gasteiger partial charge in [0.15, 0.2) is 5.78 Å². The number of ketones is 1. The van der Waals surface area contributed by atoms with Gasteiger partial charge in [-0.2, -0.15) is 0 Å². The number of amides is 3. The lowest BCUT2D eigenvalue weighted by Gasteiger charge is -2.37. The summed E-state index contributed by atoms with van der Waals surface area (Å²) in [5.41, 5.74) is 1.81. The van der Waals surface area contributed by atoms with Gasteiger partial charge < -0.3 is 10.2 Å². The molecule has 3 rings (SSSR count). The summed E-state index contributed by atoms with van der Waals surface area (Å²) >= 11 is 0. The molecular formula is C19H26N4O3. The van der Waals surface area contributed by atoms with E-state index >= 15 is 0 Å². The smallest absolute Gasteiger partial charge is 0.325 e. The average molecular weight is 358 g/mol. The molecule has 7 heteroatoms. The van der Waals surface area contributed by atoms with Gasteiger partial charge in [0.25, 0.3) is 5.91 Å². The van der Waals surface area contributed by atoms with Gasteiger partial charge in [0, 0.05) is 37.4 Å². The van der Waals surface area contributed by atoms with Crippen molar-refractivity contribution in [3.63, 3.8) is 0 Å². The first kappa shape index (κ1) is 18.4. The largest absolute Gasteiger partial charge is 0.369 e. The Bertz CT molecular complexity index is 681. The van der Waals surface area contributed by atoms with Gasteiger partial charge in [-0.3, -0.25) is 14.5 Å². The first-order valence-corrected chi connectivity index (χ1v) is 9.19. The maximum atomic E-state index is 12.3. The normalized spacial score (nSPS) is 21.2. The van der Waals surface area contributed by atoms with E-state index in [1.807, 2.05) is 31.2 Å². The van der Waals surface area contributed by atoms with E-state index in [0.717, 1.165) is 38.3 Å². The van der Waals surface area contributed by atoms with E-state index in [2.05, 4.69) is 15.1 Å². The van der Waals surface area contributed by atoms with Gasteiger partial charge in [0.2, 0.25) is 0 Å². The van der Waals surface area contributed by atoms with E-state index in [1.54, 1.807) is 6.92 Å². The monoisotopic (exact) mass is 358 g/mol. The number of carbonyl (C=O) groups is 3. The molecule has 2 heterocycles. The molecule has 0 saturated carbocycles. The summed E-state index contributed by atoms with van der Waals surface area (Å²) in [4.78, 5) is 41.5. The van der Waals surface area contributed by atoms with E-state index in [1.165, 1.54) is 4.90 Å². The second-order valence-corrected chi connectivity index (χ2v) is 6.91. The molecule has 0 unspecified atom stereocenters. The quantitative estimate of drug-likeness (QED) is 0.619. The van der Waals surface area contributed by atoms with Crippen molar-refractivity contribution in [3.05, 3.63) is 29.8 Å². The van der Waals surface area contributed by atoms with Crippen LogP contribution < -0.4 is 10.2 Å². The van der Waals surface area contributed by atoms with Crippen molar-refractivity contribution in [2.75, 3.05) is 37.7 Å². The average Bonchev–Trinajstić information content (AvgIpc) is 2.90. The van der Waals surface area contributed by atoms with E-state index < -0.39 is 0 Å². The molecular weight excluding hydrogens is 332 g/mol. The number of piperazine rings is 1. The molecule has 140 valence electrons. The third-order valence-electron chi connectivity index (χ3n) is 5.04. The predicted octanol–water partition coefficient (Wildman–Crippen LogP) is 1.69. The van der Waals surface area contributed by atoms with Gasteiger partial charge in [-0.1, -0.05) is 13.3 Å². The minimum Gasteiger partial charge on any atom is -0.369 e. The minimum atomic E-state index is -0.367. The number of anilines is 1. The Balaban J connectivity index is 1.53. The third kappa shape index (κ3) is 3.88. The van der Waals surface area contributed by atoms with Crippen LogP contribution in [0.3, 0.4) is 0 Å². The fraction of sp³-hybridized carbons (Fsp3) is 0.526. The van der Waals surface area contributed by atoms with Crippen molar-refractivity contribution < 1.29 is 14.4 Å². The fourth-order valence-corrected chi connectivity index (χ4v) is 3.45. The highest BCUT2D eigenvalue weighted by atomic mass is 16.2. The van der Waals surface area contributed by atoms with Crippen molar-refractivity contribution in [1.82, 2.24) is 15.1 Å². The molecule has 1 N–H and O–H groups in total. The van der Waals surface area contributed by atoms with Crippen LogP contribution in [0.2, 0.25) is 0 Å². The fourth-order valence-electron chi connectivity index (χ4n) is 3.45. The topological polar surface area (TPSA) is 73.0 Å². The van der Waals surface area contributed by atoms with Crippen LogP contribution in [0.1, 0.15) is 37.0 Å². The second kappa shape index (κ2) is 7.86. The zero-order valence-electron chi connectivity index (χ0n) is 15.4. The highest BCUT2D eigenvalue weighted by molar-refractivity contribution is 6.04. The van der Waals surface area contributed by atoms with Gasteiger partial charge in [0.05, 0.1) is 6.67 Å². The molecule has 0 aromatic heterocycles. The minimum absolute atomic E-state index is 0.0660. The Labute approximate surface area is 153 Å². The molecule has 1 aromatic carbocycles. The number of nitrogens with one attached hydrogen (secondary N) is 1. The summed E-state index contributed by atoms with van der Waals surface area (Å²) in [6.07, 6.45) is 1.55. The molecule has 0 aliphatic carbocycles. The number of benzene rings is 1. The van der Waals surface area contributed by atoms with Crippen molar-refractivity contribution in [2.45, 2.75) is 32.7 Å². The molecule has 2 fully saturated rings. The molecule has 1 aromatic rings. The van der Waals surface area contributed by atoms with E-state index in [9.17, 15) is 14.4 Å². The number of hydrogen-bond donors (Lipinski definition) is 1. The van der Waals surface area contributed by atoms with Crippen molar-refractivity contribution in [1.29, 1.82) is 0 Å². The maximum Gasteiger partial charge on any atom is 0.325 e. The number of carbonyl (C=O) groups excluding carboxylic acids is 3. The van der Waals surface area contributed by atoms with Crippen molar-refractivity contribution in [3.8, 4) is 0 Å². The zero-order valence-corrected chi connectivity index (χ0v) is 15.4. The van der Waals surface area contributed by atoms with Gasteiger partial charge in [-0.25, -0.2) is 9.69 Å². The number of nitrogens with zero attached hydrogens (tertiary/aromatic N) is 3. The highest BCUT2D eigenvalue weighted by Crippen LogP contribution is 2.19. The Morgan fingerprint density at radius 3 is 2.35 bits per heavy atom. The van der Waals surface area contributed by atoms with Crippen LogP contribution in [0.5, 0.6) is 0 Å². The SMILES string of the molecule is CCC[C@H]1NC(=O)N(CN2CCN(c3ccc(C(C)=O)cc3)CC2)C1=O. The Morgan fingerprint density at radius 2 is 1.77 bits per heavy atom. The molecule has 1 atom stereocenters. The summed E-state index contributed by atoms with van der Waals surface area (Å²) in [5, 5.41) is 2.77. The van der Waals surface area contributed by atoms with Crippen LogP contribution in [0.15, 0.2) is 24.3 Å². The lowest BCUT2D eigenvalue weighted by Crippen LogP contribution is -2.51. The van der Waals surface area contributed by atoms with E-state index in [-0.39, 0.29) is 23.8 Å². The molecule has 26 heavy (non-hydrogen) atoms. The Morgan fingerprint density at radius 1 is 1.12 bits per heavy atom. The van der Waals surface area contributed by atoms with Crippen LogP contribution in [0.4, 0.5) is 10.5 Å². The maximum absolute atomic E-state index is 12.3. The van der Waals surface area contributed by atoms with E-state index in [4.69, 9.17) is 0 Å². The first-order chi connectivity index (χ1) is 12.5. The molecule has 3 amide bonds. The van der Waals surface area contributed by atoms with Crippen LogP contribution in [0.25, 0.3) is 0 Å². The van der Waals surface area contributed by atoms with Gasteiger partial charge in [-0.05, 0) is 37.6 Å². The second-order valence-electron chi connectivity index (χ2n) is 6.91. The van der Waals surface area contributed by atoms with E-state index in [0.29, 0.717) is 18.7 Å². The Kier molecular flexibility index (Phi) is 5.56. The standard InChI is InChI=1S/C19H26N4O3/c1-3-4-17-18(25)23(19(26)20-17)13-21-9-11-22(12-10-21)16-7-5-15(6-8-16)14(2)24/h5-8,17H,3-4,9-13H2,1-2H3,(H,20,26)/t17-/m1/s1. The van der Waals surface area contributed by atoms with Crippen LogP contribution in [0, 0.1) is 0 Å². The highest BCUT2D eigenvalue weighted by Gasteiger charge is 2.38. The Hall–Kier alpha value is -2.41. The van der Waals surface area contributed by atoms with Crippen molar-refractivity contribution >= 4 is 23.4 Å². The zero-order chi connectivity index (χ0) is 18.7.